The van der Waals surface area contributed by atoms with Gasteiger partial charge in [0.05, 0.1) is 24.3 Å². The topological polar surface area (TPSA) is 50.3 Å². The van der Waals surface area contributed by atoms with E-state index >= 15 is 0 Å². The molecule has 3 heterocycles. The monoisotopic (exact) mass is 398 g/mol. The first-order chi connectivity index (χ1) is 13.6. The van der Waals surface area contributed by atoms with Gasteiger partial charge in [0, 0.05) is 35.9 Å². The van der Waals surface area contributed by atoms with E-state index in [1.807, 2.05) is 12.1 Å². The summed E-state index contributed by atoms with van der Waals surface area (Å²) in [6, 6.07) is 8.16. The Labute approximate surface area is 171 Å². The van der Waals surface area contributed by atoms with E-state index in [1.54, 1.807) is 0 Å². The van der Waals surface area contributed by atoms with Crippen LogP contribution in [0.4, 0.5) is 5.95 Å². The zero-order chi connectivity index (χ0) is 19.1. The third kappa shape index (κ3) is 3.63. The van der Waals surface area contributed by atoms with Crippen molar-refractivity contribution >= 4 is 17.5 Å². The van der Waals surface area contributed by atoms with Crippen LogP contribution >= 0.6 is 11.6 Å². The lowest BCUT2D eigenvalue weighted by atomic mass is 9.80. The van der Waals surface area contributed by atoms with Crippen LogP contribution in [0.3, 0.4) is 0 Å². The Hall–Kier alpha value is -1.69. The molecule has 1 aromatic heterocycles. The molecule has 1 N–H and O–H groups in total. The van der Waals surface area contributed by atoms with E-state index in [9.17, 15) is 0 Å². The summed E-state index contributed by atoms with van der Waals surface area (Å²) in [6.45, 7) is 7.36. The number of nitrogens with one attached hydrogen (secondary N) is 1. The minimum Gasteiger partial charge on any atom is -0.376 e. The van der Waals surface area contributed by atoms with Crippen LogP contribution in [0.25, 0.3) is 0 Å². The Morgan fingerprint density at radius 1 is 1.32 bits per heavy atom. The standard InChI is InChI=1S/C22H27ClN4O/c1-15-19-12-28-14-22(20(19)26-21(25-15)24-10-16-5-6-16)7-8-27(13-22)11-17-3-2-4-18(23)9-17/h2-4,9,16H,5-8,10-14H2,1H3,(H,24,25,26)/t22-/m1/s1. The van der Waals surface area contributed by atoms with Crippen LogP contribution in [0.5, 0.6) is 0 Å². The van der Waals surface area contributed by atoms with Gasteiger partial charge in [-0.25, -0.2) is 9.97 Å². The van der Waals surface area contributed by atoms with Gasteiger partial charge in [-0.1, -0.05) is 23.7 Å². The fourth-order valence-corrected chi connectivity index (χ4v) is 4.77. The molecule has 0 bridgehead atoms. The number of aromatic nitrogens is 2. The fraction of sp³-hybridized carbons (Fsp3) is 0.545. The molecule has 6 heteroatoms. The van der Waals surface area contributed by atoms with Crippen molar-refractivity contribution in [1.29, 1.82) is 0 Å². The predicted octanol–water partition coefficient (Wildman–Crippen LogP) is 3.93. The molecule has 2 aromatic rings. The van der Waals surface area contributed by atoms with Gasteiger partial charge in [0.15, 0.2) is 0 Å². The second kappa shape index (κ2) is 7.29. The Kier molecular flexibility index (Phi) is 4.77. The van der Waals surface area contributed by atoms with Crippen molar-refractivity contribution in [2.75, 3.05) is 31.6 Å². The maximum absolute atomic E-state index is 6.17. The number of likely N-dealkylation sites (tertiary alicyclic amines) is 1. The highest BCUT2D eigenvalue weighted by molar-refractivity contribution is 6.30. The van der Waals surface area contributed by atoms with Crippen molar-refractivity contribution in [2.24, 2.45) is 5.92 Å². The molecule has 0 unspecified atom stereocenters. The number of halogens is 1. The van der Waals surface area contributed by atoms with Crippen molar-refractivity contribution in [2.45, 2.75) is 44.8 Å². The average Bonchev–Trinajstić information content (AvgIpc) is 3.43. The van der Waals surface area contributed by atoms with Crippen LogP contribution in [-0.2, 0) is 23.3 Å². The van der Waals surface area contributed by atoms with Crippen molar-refractivity contribution < 1.29 is 4.74 Å². The lowest BCUT2D eigenvalue weighted by molar-refractivity contribution is 0.0498. The summed E-state index contributed by atoms with van der Waals surface area (Å²) in [5, 5.41) is 4.27. The minimum absolute atomic E-state index is 0.0319. The molecule has 1 spiro atoms. The van der Waals surface area contributed by atoms with Gasteiger partial charge in [0.1, 0.15) is 0 Å². The quantitative estimate of drug-likeness (QED) is 0.826. The van der Waals surface area contributed by atoms with Gasteiger partial charge in [-0.15, -0.1) is 0 Å². The molecule has 0 amide bonds. The van der Waals surface area contributed by atoms with E-state index in [0.29, 0.717) is 6.61 Å². The average molecular weight is 399 g/mol. The van der Waals surface area contributed by atoms with E-state index in [4.69, 9.17) is 26.3 Å². The van der Waals surface area contributed by atoms with E-state index < -0.39 is 0 Å². The van der Waals surface area contributed by atoms with E-state index in [2.05, 4.69) is 29.3 Å². The Balaban J connectivity index is 1.38. The molecule has 2 fully saturated rings. The third-order valence-corrected chi connectivity index (χ3v) is 6.55. The number of fused-ring (bicyclic) bond motifs is 2. The van der Waals surface area contributed by atoms with Gasteiger partial charge < -0.3 is 10.1 Å². The SMILES string of the molecule is Cc1nc(NCC2CC2)nc2c1COC[C@]21CCN(Cc2cccc(Cl)c2)C1. The molecule has 148 valence electrons. The smallest absolute Gasteiger partial charge is 0.223 e. The lowest BCUT2D eigenvalue weighted by Gasteiger charge is -2.35. The zero-order valence-electron chi connectivity index (χ0n) is 16.4. The Morgan fingerprint density at radius 3 is 3.04 bits per heavy atom. The summed E-state index contributed by atoms with van der Waals surface area (Å²) in [5.41, 5.74) is 4.67. The first-order valence-electron chi connectivity index (χ1n) is 10.3. The normalized spacial score (nSPS) is 24.5. The van der Waals surface area contributed by atoms with Gasteiger partial charge in [-0.2, -0.15) is 0 Å². The van der Waals surface area contributed by atoms with Gasteiger partial charge in [0.25, 0.3) is 0 Å². The second-order valence-electron chi connectivity index (χ2n) is 8.65. The third-order valence-electron chi connectivity index (χ3n) is 6.31. The van der Waals surface area contributed by atoms with E-state index in [0.717, 1.165) is 61.8 Å². The number of anilines is 1. The summed E-state index contributed by atoms with van der Waals surface area (Å²) in [7, 11) is 0. The maximum atomic E-state index is 6.17. The molecular formula is C22H27ClN4O. The lowest BCUT2D eigenvalue weighted by Crippen LogP contribution is -2.41. The molecule has 3 aliphatic rings. The minimum atomic E-state index is -0.0319. The van der Waals surface area contributed by atoms with Crippen molar-refractivity contribution in [3.63, 3.8) is 0 Å². The highest BCUT2D eigenvalue weighted by atomic mass is 35.5. The van der Waals surface area contributed by atoms with Gasteiger partial charge >= 0.3 is 0 Å². The number of ether oxygens (including phenoxy) is 1. The zero-order valence-corrected chi connectivity index (χ0v) is 17.1. The molecule has 1 atom stereocenters. The number of nitrogens with zero attached hydrogens (tertiary/aromatic N) is 3. The molecule has 1 aromatic carbocycles. The summed E-state index contributed by atoms with van der Waals surface area (Å²) >= 11 is 6.17. The summed E-state index contributed by atoms with van der Waals surface area (Å²) in [4.78, 5) is 12.2. The molecule has 5 nitrogen and oxygen atoms in total. The molecule has 28 heavy (non-hydrogen) atoms. The molecule has 5 rings (SSSR count). The number of aryl methyl sites for hydroxylation is 1. The predicted molar refractivity (Wildman–Crippen MR) is 111 cm³/mol. The number of hydrogen-bond acceptors (Lipinski definition) is 5. The molecule has 1 saturated carbocycles. The summed E-state index contributed by atoms with van der Waals surface area (Å²) in [6.07, 6.45) is 3.72. The summed E-state index contributed by atoms with van der Waals surface area (Å²) in [5.74, 6) is 1.59. The summed E-state index contributed by atoms with van der Waals surface area (Å²) < 4.78 is 6.03. The van der Waals surface area contributed by atoms with Crippen LogP contribution in [0.1, 0.15) is 41.8 Å². The highest BCUT2D eigenvalue weighted by Crippen LogP contribution is 2.40. The van der Waals surface area contributed by atoms with E-state index in [1.165, 1.54) is 29.7 Å². The van der Waals surface area contributed by atoms with Crippen LogP contribution in [0.15, 0.2) is 24.3 Å². The van der Waals surface area contributed by atoms with Crippen LogP contribution < -0.4 is 5.32 Å². The van der Waals surface area contributed by atoms with E-state index in [-0.39, 0.29) is 5.41 Å². The Morgan fingerprint density at radius 2 is 2.21 bits per heavy atom. The van der Waals surface area contributed by atoms with Gasteiger partial charge in [-0.05, 0) is 56.3 Å². The van der Waals surface area contributed by atoms with Crippen LogP contribution in [0, 0.1) is 12.8 Å². The largest absolute Gasteiger partial charge is 0.376 e. The van der Waals surface area contributed by atoms with Crippen molar-refractivity contribution in [1.82, 2.24) is 14.9 Å². The Bertz CT molecular complexity index is 885. The fourth-order valence-electron chi connectivity index (χ4n) is 4.56. The van der Waals surface area contributed by atoms with Gasteiger partial charge in [0.2, 0.25) is 5.95 Å². The maximum Gasteiger partial charge on any atom is 0.223 e. The van der Waals surface area contributed by atoms with Crippen LogP contribution in [-0.4, -0.2) is 41.1 Å². The first-order valence-corrected chi connectivity index (χ1v) is 10.7. The highest BCUT2D eigenvalue weighted by Gasteiger charge is 2.45. The molecule has 0 radical (unpaired) electrons. The number of hydrogen-bond donors (Lipinski definition) is 1. The van der Waals surface area contributed by atoms with Crippen LogP contribution in [0.2, 0.25) is 5.02 Å². The number of rotatable bonds is 5. The molecular weight excluding hydrogens is 372 g/mol. The molecule has 2 aliphatic heterocycles. The van der Waals surface area contributed by atoms with Crippen molar-refractivity contribution in [3.05, 3.63) is 51.8 Å². The van der Waals surface area contributed by atoms with Crippen molar-refractivity contribution in [3.8, 4) is 0 Å². The second-order valence-corrected chi connectivity index (χ2v) is 9.08. The first kappa shape index (κ1) is 18.3. The molecule has 1 aliphatic carbocycles. The number of benzene rings is 1. The van der Waals surface area contributed by atoms with Gasteiger partial charge in [-0.3, -0.25) is 4.90 Å². The molecule has 1 saturated heterocycles.